The Morgan fingerprint density at radius 2 is 1.87 bits per heavy atom. The van der Waals surface area contributed by atoms with Gasteiger partial charge in [0.1, 0.15) is 17.7 Å². The first-order valence-corrected chi connectivity index (χ1v) is 9.78. The van der Waals surface area contributed by atoms with Gasteiger partial charge in [-0.05, 0) is 54.2 Å². The first kappa shape index (κ1) is 20.1. The number of thioether (sulfide) groups is 1. The van der Waals surface area contributed by atoms with Gasteiger partial charge in [-0.25, -0.2) is 4.39 Å². The molecule has 0 radical (unpaired) electrons. The summed E-state index contributed by atoms with van der Waals surface area (Å²) in [5, 5.41) is -0.0271. The number of Topliss-reactive ketones (excluding diaryl/α,β-unsaturated/α-hetero) is 1. The fourth-order valence-corrected chi connectivity index (χ4v) is 3.82. The third kappa shape index (κ3) is 3.79. The van der Waals surface area contributed by atoms with Gasteiger partial charge in [0.25, 0.3) is 11.1 Å². The summed E-state index contributed by atoms with van der Waals surface area (Å²) in [5.74, 6) is -1.67. The van der Waals surface area contributed by atoms with Gasteiger partial charge in [0, 0.05) is 16.7 Å². The maximum atomic E-state index is 13.3. The summed E-state index contributed by atoms with van der Waals surface area (Å²) in [7, 11) is 0. The highest BCUT2D eigenvalue weighted by atomic mass is 35.5. The van der Waals surface area contributed by atoms with Gasteiger partial charge in [0.2, 0.25) is 0 Å². The lowest BCUT2D eigenvalue weighted by atomic mass is 10.1. The van der Waals surface area contributed by atoms with E-state index in [1.54, 1.807) is 0 Å². The highest BCUT2D eigenvalue weighted by Crippen LogP contribution is 2.32. The summed E-state index contributed by atoms with van der Waals surface area (Å²) >= 11 is 6.41. The Balaban J connectivity index is 1.60. The first-order valence-electron chi connectivity index (χ1n) is 8.58. The molecule has 3 aromatic rings. The van der Waals surface area contributed by atoms with E-state index in [-0.39, 0.29) is 21.4 Å². The maximum Gasteiger partial charge on any atom is 0.293 e. The third-order valence-electron chi connectivity index (χ3n) is 4.39. The first-order chi connectivity index (χ1) is 14.3. The van der Waals surface area contributed by atoms with Crippen molar-refractivity contribution >= 4 is 57.3 Å². The Kier molecular flexibility index (Phi) is 5.27. The van der Waals surface area contributed by atoms with Gasteiger partial charge in [0.05, 0.1) is 22.4 Å². The number of benzene rings is 2. The van der Waals surface area contributed by atoms with E-state index < -0.39 is 34.7 Å². The number of carbonyl (C=O) groups excluding carboxylic acids is 3. The molecule has 9 heteroatoms. The van der Waals surface area contributed by atoms with E-state index in [1.807, 2.05) is 0 Å². The van der Waals surface area contributed by atoms with Gasteiger partial charge < -0.3 is 4.42 Å². The zero-order valence-corrected chi connectivity index (χ0v) is 16.6. The average molecular weight is 444 g/mol. The molecule has 2 aromatic carbocycles. The summed E-state index contributed by atoms with van der Waals surface area (Å²) in [6.45, 7) is -0.435. The summed E-state index contributed by atoms with van der Waals surface area (Å²) in [6, 6.07) is 9.56. The van der Waals surface area contributed by atoms with Gasteiger partial charge in [-0.3, -0.25) is 24.1 Å². The molecular weight excluding hydrogens is 433 g/mol. The molecule has 0 atom stereocenters. The van der Waals surface area contributed by atoms with Crippen molar-refractivity contribution in [2.24, 2.45) is 0 Å². The maximum absolute atomic E-state index is 13.3. The minimum Gasteiger partial charge on any atom is -0.463 e. The number of ketones is 1. The van der Waals surface area contributed by atoms with Crippen LogP contribution in [0.5, 0.6) is 0 Å². The van der Waals surface area contributed by atoms with Crippen LogP contribution in [0.1, 0.15) is 15.9 Å². The van der Waals surface area contributed by atoms with E-state index in [0.29, 0.717) is 22.3 Å². The van der Waals surface area contributed by atoms with Crippen LogP contribution in [0, 0.1) is 5.82 Å². The number of imide groups is 1. The Bertz CT molecular complexity index is 1300. The molecule has 1 aliphatic rings. The van der Waals surface area contributed by atoms with Crippen LogP contribution >= 0.6 is 23.4 Å². The molecule has 4 rings (SSSR count). The fraction of sp³-hybridized carbons (Fsp3) is 0.0476. The second-order valence-electron chi connectivity index (χ2n) is 6.36. The van der Waals surface area contributed by atoms with Crippen LogP contribution in [0.4, 0.5) is 9.18 Å². The molecule has 1 aromatic heterocycles. The standard InChI is InChI=1S/C21H11ClFNO5S/c22-13-3-1-11(2-4-13)16(25)9-24-20(27)18(30-21(24)28)7-12-10-29-17-8-14(23)5-6-15(17)19(12)26/h1-8,10H,9H2/b18-7-. The Hall–Kier alpha value is -3.23. The molecule has 0 unspecified atom stereocenters. The molecule has 0 bridgehead atoms. The van der Waals surface area contributed by atoms with E-state index in [0.717, 1.165) is 23.3 Å². The lowest BCUT2D eigenvalue weighted by Gasteiger charge is -2.11. The molecule has 0 saturated carbocycles. The van der Waals surface area contributed by atoms with Crippen LogP contribution in [-0.2, 0) is 4.79 Å². The zero-order valence-electron chi connectivity index (χ0n) is 15.1. The summed E-state index contributed by atoms with van der Waals surface area (Å²) < 4.78 is 18.5. The van der Waals surface area contributed by atoms with Crippen LogP contribution in [0.15, 0.2) is 62.8 Å². The number of halogens is 2. The molecule has 2 amide bonds. The topological polar surface area (TPSA) is 84.7 Å². The molecule has 0 spiro atoms. The molecule has 0 aliphatic carbocycles. The molecule has 150 valence electrons. The van der Waals surface area contributed by atoms with Crippen molar-refractivity contribution in [2.45, 2.75) is 0 Å². The number of nitrogens with zero attached hydrogens (tertiary/aromatic N) is 1. The van der Waals surface area contributed by atoms with Gasteiger partial charge >= 0.3 is 0 Å². The highest BCUT2D eigenvalue weighted by Gasteiger charge is 2.36. The second kappa shape index (κ2) is 7.89. The highest BCUT2D eigenvalue weighted by molar-refractivity contribution is 8.18. The van der Waals surface area contributed by atoms with Crippen LogP contribution in [0.2, 0.25) is 5.02 Å². The van der Waals surface area contributed by atoms with Gasteiger partial charge in [-0.15, -0.1) is 0 Å². The summed E-state index contributed by atoms with van der Waals surface area (Å²) in [6.07, 6.45) is 2.32. The minimum atomic E-state index is -0.689. The number of hydrogen-bond donors (Lipinski definition) is 0. The van der Waals surface area contributed by atoms with Crippen molar-refractivity contribution in [1.82, 2.24) is 4.90 Å². The SMILES string of the molecule is O=C(CN1C(=O)S/C(=C\c2coc3cc(F)ccc3c2=O)C1=O)c1ccc(Cl)cc1. The molecule has 6 nitrogen and oxygen atoms in total. The van der Waals surface area contributed by atoms with E-state index in [9.17, 15) is 23.6 Å². The van der Waals surface area contributed by atoms with Crippen molar-refractivity contribution in [3.05, 3.63) is 85.8 Å². The van der Waals surface area contributed by atoms with Crippen LogP contribution in [-0.4, -0.2) is 28.4 Å². The predicted octanol–water partition coefficient (Wildman–Crippen LogP) is 4.50. The normalized spacial score (nSPS) is 15.4. The molecule has 1 saturated heterocycles. The number of rotatable bonds is 4. The van der Waals surface area contributed by atoms with Gasteiger partial charge in [-0.1, -0.05) is 11.6 Å². The summed E-state index contributed by atoms with van der Waals surface area (Å²) in [4.78, 5) is 50.6. The summed E-state index contributed by atoms with van der Waals surface area (Å²) in [5.41, 5.74) is -0.0624. The average Bonchev–Trinajstić information content (AvgIpc) is 2.98. The smallest absolute Gasteiger partial charge is 0.293 e. The number of carbonyl (C=O) groups is 3. The molecule has 2 heterocycles. The van der Waals surface area contributed by atoms with E-state index in [1.165, 1.54) is 36.4 Å². The van der Waals surface area contributed by atoms with Crippen LogP contribution < -0.4 is 5.43 Å². The molecular formula is C21H11ClFNO5S. The largest absolute Gasteiger partial charge is 0.463 e. The van der Waals surface area contributed by atoms with Crippen molar-refractivity contribution in [1.29, 1.82) is 0 Å². The quantitative estimate of drug-likeness (QED) is 0.436. The van der Waals surface area contributed by atoms with E-state index in [4.69, 9.17) is 16.0 Å². The van der Waals surface area contributed by atoms with Gasteiger partial charge in [-0.2, -0.15) is 0 Å². The van der Waals surface area contributed by atoms with Crippen molar-refractivity contribution in [2.75, 3.05) is 6.54 Å². The van der Waals surface area contributed by atoms with Crippen molar-refractivity contribution in [3.63, 3.8) is 0 Å². The van der Waals surface area contributed by atoms with Crippen LogP contribution in [0.25, 0.3) is 17.0 Å². The van der Waals surface area contributed by atoms with E-state index in [2.05, 4.69) is 0 Å². The Labute approximate surface area is 177 Å². The molecule has 1 aliphatic heterocycles. The molecule has 30 heavy (non-hydrogen) atoms. The van der Waals surface area contributed by atoms with Crippen LogP contribution in [0.3, 0.4) is 0 Å². The van der Waals surface area contributed by atoms with E-state index >= 15 is 0 Å². The minimum absolute atomic E-state index is 0.0160. The molecule has 1 fully saturated rings. The lowest BCUT2D eigenvalue weighted by Crippen LogP contribution is -2.33. The van der Waals surface area contributed by atoms with Crippen molar-refractivity contribution in [3.8, 4) is 0 Å². The Morgan fingerprint density at radius 3 is 2.60 bits per heavy atom. The zero-order chi connectivity index (χ0) is 21.4. The van der Waals surface area contributed by atoms with Gasteiger partial charge in [0.15, 0.2) is 11.2 Å². The number of hydrogen-bond acceptors (Lipinski definition) is 6. The lowest BCUT2D eigenvalue weighted by molar-refractivity contribution is -0.122. The third-order valence-corrected chi connectivity index (χ3v) is 5.55. The monoisotopic (exact) mass is 443 g/mol. The predicted molar refractivity (Wildman–Crippen MR) is 111 cm³/mol. The Morgan fingerprint density at radius 1 is 1.13 bits per heavy atom. The molecule has 0 N–H and O–H groups in total. The van der Waals surface area contributed by atoms with Crippen molar-refractivity contribution < 1.29 is 23.2 Å². The number of amides is 2. The fourth-order valence-electron chi connectivity index (χ4n) is 2.87. The number of fused-ring (bicyclic) bond motifs is 1. The second-order valence-corrected chi connectivity index (χ2v) is 7.79.